The van der Waals surface area contributed by atoms with E-state index >= 15 is 0 Å². The van der Waals surface area contributed by atoms with Crippen LogP contribution in [0, 0.1) is 5.92 Å². The Balaban J connectivity index is 2.30. The quantitative estimate of drug-likeness (QED) is 0.751. The zero-order valence-corrected chi connectivity index (χ0v) is 10.8. The third-order valence-corrected chi connectivity index (χ3v) is 3.09. The van der Waals surface area contributed by atoms with E-state index in [4.69, 9.17) is 4.74 Å². The Kier molecular flexibility index (Phi) is 3.36. The Hall–Kier alpha value is -1.84. The fourth-order valence-electron chi connectivity index (χ4n) is 2.09. The first-order chi connectivity index (χ1) is 8.52. The van der Waals surface area contributed by atoms with Crippen LogP contribution in [0.15, 0.2) is 30.3 Å². The van der Waals surface area contributed by atoms with Crippen molar-refractivity contribution in [3.63, 3.8) is 0 Å². The molecule has 0 N–H and O–H groups in total. The third-order valence-electron chi connectivity index (χ3n) is 3.09. The topological polar surface area (TPSA) is 46.6 Å². The summed E-state index contributed by atoms with van der Waals surface area (Å²) in [4.78, 5) is 25.6. The minimum absolute atomic E-state index is 0.0755. The van der Waals surface area contributed by atoms with Gasteiger partial charge in [-0.05, 0) is 19.1 Å². The van der Waals surface area contributed by atoms with Crippen molar-refractivity contribution in [2.45, 2.75) is 33.0 Å². The molecule has 2 rings (SSSR count). The molecule has 1 aliphatic heterocycles. The summed E-state index contributed by atoms with van der Waals surface area (Å²) in [6.45, 7) is 5.56. The van der Waals surface area contributed by atoms with Gasteiger partial charge in [0.1, 0.15) is 6.04 Å². The van der Waals surface area contributed by atoms with E-state index in [0.29, 0.717) is 5.56 Å². The first-order valence-electron chi connectivity index (χ1n) is 6.10. The van der Waals surface area contributed by atoms with Gasteiger partial charge >= 0.3 is 5.97 Å². The zero-order valence-electron chi connectivity index (χ0n) is 10.8. The molecule has 0 unspecified atom stereocenters. The van der Waals surface area contributed by atoms with Gasteiger partial charge in [-0.3, -0.25) is 9.69 Å². The average molecular weight is 247 g/mol. The molecule has 4 nitrogen and oxygen atoms in total. The van der Waals surface area contributed by atoms with Gasteiger partial charge in [0.15, 0.2) is 6.23 Å². The van der Waals surface area contributed by atoms with Crippen molar-refractivity contribution >= 4 is 11.9 Å². The van der Waals surface area contributed by atoms with Gasteiger partial charge in [0.2, 0.25) is 0 Å². The minimum Gasteiger partial charge on any atom is -0.440 e. The van der Waals surface area contributed by atoms with E-state index in [2.05, 4.69) is 0 Å². The fourth-order valence-corrected chi connectivity index (χ4v) is 2.09. The van der Waals surface area contributed by atoms with Gasteiger partial charge in [-0.25, -0.2) is 4.79 Å². The largest absolute Gasteiger partial charge is 0.440 e. The van der Waals surface area contributed by atoms with E-state index in [1.54, 1.807) is 31.2 Å². The second kappa shape index (κ2) is 4.80. The maximum Gasteiger partial charge on any atom is 0.330 e. The Morgan fingerprint density at radius 2 is 1.89 bits per heavy atom. The maximum absolute atomic E-state index is 12.4. The highest BCUT2D eigenvalue weighted by molar-refractivity contribution is 5.98. The Morgan fingerprint density at radius 3 is 2.44 bits per heavy atom. The highest BCUT2D eigenvalue weighted by atomic mass is 16.6. The molecule has 1 aliphatic rings. The highest BCUT2D eigenvalue weighted by Crippen LogP contribution is 2.26. The number of nitrogens with zero attached hydrogens (tertiary/aromatic N) is 1. The maximum atomic E-state index is 12.4. The lowest BCUT2D eigenvalue weighted by atomic mass is 10.1. The van der Waals surface area contributed by atoms with Gasteiger partial charge in [0.25, 0.3) is 5.91 Å². The molecule has 1 saturated heterocycles. The van der Waals surface area contributed by atoms with E-state index in [-0.39, 0.29) is 17.8 Å². The van der Waals surface area contributed by atoms with Crippen molar-refractivity contribution < 1.29 is 14.3 Å². The van der Waals surface area contributed by atoms with E-state index in [1.807, 2.05) is 19.9 Å². The number of hydrogen-bond acceptors (Lipinski definition) is 3. The van der Waals surface area contributed by atoms with Gasteiger partial charge < -0.3 is 4.74 Å². The number of carbonyl (C=O) groups is 2. The van der Waals surface area contributed by atoms with Gasteiger partial charge in [-0.15, -0.1) is 0 Å². The Bertz CT molecular complexity index is 455. The van der Waals surface area contributed by atoms with Crippen molar-refractivity contribution in [1.29, 1.82) is 0 Å². The van der Waals surface area contributed by atoms with Crippen LogP contribution < -0.4 is 0 Å². The van der Waals surface area contributed by atoms with E-state index < -0.39 is 12.3 Å². The predicted molar refractivity (Wildman–Crippen MR) is 66.8 cm³/mol. The summed E-state index contributed by atoms with van der Waals surface area (Å²) in [5, 5.41) is 0. The number of benzene rings is 1. The number of cyclic esters (lactones) is 1. The summed E-state index contributed by atoms with van der Waals surface area (Å²) >= 11 is 0. The normalized spacial score (nSPS) is 23.3. The first-order valence-corrected chi connectivity index (χ1v) is 6.10. The molecule has 0 radical (unpaired) electrons. The molecule has 1 amide bonds. The van der Waals surface area contributed by atoms with Crippen LogP contribution in [0.2, 0.25) is 0 Å². The van der Waals surface area contributed by atoms with Crippen LogP contribution >= 0.6 is 0 Å². The van der Waals surface area contributed by atoms with Crippen molar-refractivity contribution in [3.05, 3.63) is 35.9 Å². The number of amides is 1. The van der Waals surface area contributed by atoms with Crippen LogP contribution in [0.5, 0.6) is 0 Å². The number of rotatable bonds is 2. The molecule has 0 bridgehead atoms. The van der Waals surface area contributed by atoms with Gasteiger partial charge in [0.05, 0.1) is 0 Å². The first kappa shape index (κ1) is 12.6. The lowest BCUT2D eigenvalue weighted by Crippen LogP contribution is -2.43. The number of esters is 1. The molecule has 1 fully saturated rings. The second-order valence-electron chi connectivity index (χ2n) is 4.83. The van der Waals surface area contributed by atoms with Crippen molar-refractivity contribution in [2.24, 2.45) is 5.92 Å². The summed E-state index contributed by atoms with van der Waals surface area (Å²) in [6, 6.07) is 8.43. The van der Waals surface area contributed by atoms with Crippen LogP contribution in [-0.4, -0.2) is 29.0 Å². The number of hydrogen-bond donors (Lipinski definition) is 0. The molecule has 1 heterocycles. The molecule has 0 spiro atoms. The van der Waals surface area contributed by atoms with Gasteiger partial charge in [0, 0.05) is 11.5 Å². The Morgan fingerprint density at radius 1 is 1.28 bits per heavy atom. The van der Waals surface area contributed by atoms with Crippen LogP contribution in [0.3, 0.4) is 0 Å². The van der Waals surface area contributed by atoms with Crippen molar-refractivity contribution in [2.75, 3.05) is 0 Å². The molecule has 18 heavy (non-hydrogen) atoms. The smallest absolute Gasteiger partial charge is 0.330 e. The molecule has 0 aliphatic carbocycles. The summed E-state index contributed by atoms with van der Waals surface area (Å²) in [5.41, 5.74) is 0.577. The van der Waals surface area contributed by atoms with Crippen molar-refractivity contribution in [3.8, 4) is 0 Å². The fraction of sp³-hybridized carbons (Fsp3) is 0.429. The summed E-state index contributed by atoms with van der Waals surface area (Å²) in [5.74, 6) is -0.419. The number of ether oxygens (including phenoxy) is 1. The average Bonchev–Trinajstić information content (AvgIpc) is 2.66. The lowest BCUT2D eigenvalue weighted by molar-refractivity contribution is -0.144. The van der Waals surface area contributed by atoms with Crippen molar-refractivity contribution in [1.82, 2.24) is 4.90 Å². The predicted octanol–water partition coefficient (Wildman–Crippen LogP) is 2.06. The molecular weight excluding hydrogens is 230 g/mol. The third kappa shape index (κ3) is 2.10. The van der Waals surface area contributed by atoms with E-state index in [0.717, 1.165) is 0 Å². The second-order valence-corrected chi connectivity index (χ2v) is 4.83. The SMILES string of the molecule is CC(C)[C@H]1OC(=O)[C@H](C)N1C(=O)c1ccccc1. The molecule has 4 heteroatoms. The highest BCUT2D eigenvalue weighted by Gasteiger charge is 2.43. The summed E-state index contributed by atoms with van der Waals surface area (Å²) in [6.07, 6.45) is -0.472. The van der Waals surface area contributed by atoms with Crippen LogP contribution in [0.1, 0.15) is 31.1 Å². The Labute approximate surface area is 107 Å². The standard InChI is InChI=1S/C14H17NO3/c1-9(2)13-15(10(3)14(17)18-13)12(16)11-7-5-4-6-8-11/h4-10,13H,1-3H3/t10-,13+/m0/s1. The van der Waals surface area contributed by atoms with Crippen LogP contribution in [-0.2, 0) is 9.53 Å². The number of carbonyl (C=O) groups excluding carboxylic acids is 2. The monoisotopic (exact) mass is 247 g/mol. The minimum atomic E-state index is -0.523. The van der Waals surface area contributed by atoms with Crippen LogP contribution in [0.25, 0.3) is 0 Å². The zero-order chi connectivity index (χ0) is 13.3. The summed E-state index contributed by atoms with van der Waals surface area (Å²) in [7, 11) is 0. The van der Waals surface area contributed by atoms with Crippen LogP contribution in [0.4, 0.5) is 0 Å². The molecule has 1 aromatic rings. The molecule has 1 aromatic carbocycles. The van der Waals surface area contributed by atoms with E-state index in [1.165, 1.54) is 4.90 Å². The van der Waals surface area contributed by atoms with Gasteiger partial charge in [-0.2, -0.15) is 0 Å². The van der Waals surface area contributed by atoms with Gasteiger partial charge in [-0.1, -0.05) is 32.0 Å². The molecular formula is C14H17NO3. The van der Waals surface area contributed by atoms with E-state index in [9.17, 15) is 9.59 Å². The molecule has 0 aromatic heterocycles. The summed E-state index contributed by atoms with van der Waals surface area (Å²) < 4.78 is 5.26. The molecule has 96 valence electrons. The molecule has 0 saturated carbocycles. The lowest BCUT2D eigenvalue weighted by Gasteiger charge is -2.27. The molecule has 2 atom stereocenters.